The van der Waals surface area contributed by atoms with Gasteiger partial charge in [-0.2, -0.15) is 0 Å². The number of aromatic nitrogens is 1. The van der Waals surface area contributed by atoms with E-state index in [0.717, 1.165) is 5.69 Å². The van der Waals surface area contributed by atoms with Crippen molar-refractivity contribution in [3.63, 3.8) is 0 Å². The molecule has 0 amide bonds. The van der Waals surface area contributed by atoms with Gasteiger partial charge in [0.15, 0.2) is 0 Å². The Bertz CT molecular complexity index is 475. The smallest absolute Gasteiger partial charge is 0.0795 e. The van der Waals surface area contributed by atoms with Crippen LogP contribution in [0.2, 0.25) is 0 Å². The topological polar surface area (TPSA) is 24.9 Å². The van der Waals surface area contributed by atoms with Gasteiger partial charge in [-0.25, -0.2) is 4.98 Å². The predicted octanol–water partition coefficient (Wildman–Crippen LogP) is 3.93. The van der Waals surface area contributed by atoms with Gasteiger partial charge in [-0.05, 0) is 43.2 Å². The Morgan fingerprint density at radius 1 is 1.53 bits per heavy atom. The molecule has 0 fully saturated rings. The van der Waals surface area contributed by atoms with Gasteiger partial charge in [0, 0.05) is 22.3 Å². The number of thiophene rings is 1. The summed E-state index contributed by atoms with van der Waals surface area (Å²) in [5.74, 6) is 0. The van der Waals surface area contributed by atoms with Crippen molar-refractivity contribution in [3.05, 3.63) is 38.5 Å². The lowest BCUT2D eigenvalue weighted by Crippen LogP contribution is -2.27. The molecule has 0 radical (unpaired) electrons. The third-order valence-corrected chi connectivity index (χ3v) is 5.00. The number of nitrogens with zero attached hydrogens (tertiary/aromatic N) is 1. The van der Waals surface area contributed by atoms with Crippen LogP contribution in [0.15, 0.2) is 22.3 Å². The van der Waals surface area contributed by atoms with Crippen LogP contribution in [0.3, 0.4) is 0 Å². The van der Waals surface area contributed by atoms with Gasteiger partial charge in [0.1, 0.15) is 0 Å². The van der Waals surface area contributed by atoms with Gasteiger partial charge in [-0.15, -0.1) is 22.7 Å². The van der Waals surface area contributed by atoms with Gasteiger partial charge in [-0.3, -0.25) is 0 Å². The van der Waals surface area contributed by atoms with Crippen LogP contribution in [-0.4, -0.2) is 4.98 Å². The maximum absolute atomic E-state index is 4.38. The molecule has 3 rings (SSSR count). The molecule has 0 saturated carbocycles. The zero-order valence-electron chi connectivity index (χ0n) is 9.85. The quantitative estimate of drug-likeness (QED) is 0.908. The molecule has 1 aliphatic carbocycles. The first-order valence-electron chi connectivity index (χ1n) is 6.05. The highest BCUT2D eigenvalue weighted by molar-refractivity contribution is 7.10. The average molecular weight is 264 g/mol. The zero-order valence-corrected chi connectivity index (χ0v) is 11.5. The highest BCUT2D eigenvalue weighted by atomic mass is 32.1. The predicted molar refractivity (Wildman–Crippen MR) is 73.7 cm³/mol. The Morgan fingerprint density at radius 3 is 3.29 bits per heavy atom. The van der Waals surface area contributed by atoms with E-state index in [0.29, 0.717) is 12.1 Å². The summed E-state index contributed by atoms with van der Waals surface area (Å²) >= 11 is 3.57. The summed E-state index contributed by atoms with van der Waals surface area (Å²) in [4.78, 5) is 5.95. The molecule has 17 heavy (non-hydrogen) atoms. The Balaban J connectivity index is 1.75. The van der Waals surface area contributed by atoms with Crippen molar-refractivity contribution >= 4 is 22.7 Å². The molecule has 1 N–H and O–H groups in total. The van der Waals surface area contributed by atoms with E-state index in [1.54, 1.807) is 16.2 Å². The first-order chi connectivity index (χ1) is 8.34. The van der Waals surface area contributed by atoms with Crippen molar-refractivity contribution in [2.75, 3.05) is 0 Å². The Kier molecular flexibility index (Phi) is 3.27. The zero-order chi connectivity index (χ0) is 11.7. The van der Waals surface area contributed by atoms with Gasteiger partial charge in [0.05, 0.1) is 11.2 Å². The van der Waals surface area contributed by atoms with E-state index in [-0.39, 0.29) is 0 Å². The molecule has 2 aromatic rings. The van der Waals surface area contributed by atoms with Crippen molar-refractivity contribution in [3.8, 4) is 0 Å². The summed E-state index contributed by atoms with van der Waals surface area (Å²) in [6, 6.07) is 3.14. The molecule has 90 valence electrons. The maximum Gasteiger partial charge on any atom is 0.0795 e. The SMILES string of the molecule is CC(NC1CCCc2sccc21)c1cscn1. The second kappa shape index (κ2) is 4.88. The number of nitrogens with one attached hydrogen (secondary N) is 1. The standard InChI is InChI=1S/C13H16N2S2/c1-9(12-7-16-8-14-12)15-11-3-2-4-13-10(11)5-6-17-13/h5-9,11,15H,2-4H2,1H3. The monoisotopic (exact) mass is 264 g/mol. The highest BCUT2D eigenvalue weighted by Crippen LogP contribution is 2.34. The van der Waals surface area contributed by atoms with Crippen LogP contribution < -0.4 is 5.32 Å². The molecule has 1 aliphatic rings. The van der Waals surface area contributed by atoms with Crippen LogP contribution in [0.4, 0.5) is 0 Å². The molecule has 0 bridgehead atoms. The summed E-state index contributed by atoms with van der Waals surface area (Å²) < 4.78 is 0. The number of thiazole rings is 1. The van der Waals surface area contributed by atoms with Crippen LogP contribution in [0.1, 0.15) is 48.0 Å². The Morgan fingerprint density at radius 2 is 2.47 bits per heavy atom. The van der Waals surface area contributed by atoms with E-state index in [1.807, 2.05) is 16.8 Å². The Labute approximate surface area is 110 Å². The summed E-state index contributed by atoms with van der Waals surface area (Å²) in [5, 5.41) is 8.07. The average Bonchev–Trinajstić information content (AvgIpc) is 3.00. The number of hydrogen-bond donors (Lipinski definition) is 1. The fraction of sp³-hybridized carbons (Fsp3) is 0.462. The van der Waals surface area contributed by atoms with E-state index >= 15 is 0 Å². The summed E-state index contributed by atoms with van der Waals surface area (Å²) in [6.45, 7) is 2.20. The van der Waals surface area contributed by atoms with Gasteiger partial charge >= 0.3 is 0 Å². The molecule has 0 saturated heterocycles. The fourth-order valence-electron chi connectivity index (χ4n) is 2.48. The van der Waals surface area contributed by atoms with Gasteiger partial charge < -0.3 is 5.32 Å². The van der Waals surface area contributed by atoms with Crippen molar-refractivity contribution < 1.29 is 0 Å². The molecule has 0 spiro atoms. The third kappa shape index (κ3) is 2.30. The first-order valence-corrected chi connectivity index (χ1v) is 7.87. The van der Waals surface area contributed by atoms with Crippen molar-refractivity contribution in [1.29, 1.82) is 0 Å². The van der Waals surface area contributed by atoms with Crippen molar-refractivity contribution in [2.45, 2.75) is 38.3 Å². The summed E-state index contributed by atoms with van der Waals surface area (Å²) in [7, 11) is 0. The van der Waals surface area contributed by atoms with Crippen LogP contribution in [-0.2, 0) is 6.42 Å². The van der Waals surface area contributed by atoms with E-state index in [9.17, 15) is 0 Å². The van der Waals surface area contributed by atoms with Crippen LogP contribution in [0.25, 0.3) is 0 Å². The molecule has 0 aromatic carbocycles. The summed E-state index contributed by atoms with van der Waals surface area (Å²) in [5.41, 5.74) is 4.59. The van der Waals surface area contributed by atoms with Gasteiger partial charge in [0.2, 0.25) is 0 Å². The van der Waals surface area contributed by atoms with E-state index < -0.39 is 0 Å². The third-order valence-electron chi connectivity index (χ3n) is 3.40. The minimum Gasteiger partial charge on any atom is -0.302 e. The van der Waals surface area contributed by atoms with Crippen LogP contribution in [0, 0.1) is 0 Å². The fourth-order valence-corrected chi connectivity index (χ4v) is 4.12. The second-order valence-electron chi connectivity index (χ2n) is 4.55. The molecule has 0 aliphatic heterocycles. The molecule has 2 heterocycles. The molecule has 2 unspecified atom stereocenters. The van der Waals surface area contributed by atoms with Crippen LogP contribution >= 0.6 is 22.7 Å². The van der Waals surface area contributed by atoms with Crippen molar-refractivity contribution in [1.82, 2.24) is 10.3 Å². The molecular weight excluding hydrogens is 248 g/mol. The lowest BCUT2D eigenvalue weighted by molar-refractivity contribution is 0.414. The first kappa shape index (κ1) is 11.4. The number of fused-ring (bicyclic) bond motifs is 1. The van der Waals surface area contributed by atoms with E-state index in [1.165, 1.54) is 24.8 Å². The largest absolute Gasteiger partial charge is 0.302 e. The van der Waals surface area contributed by atoms with Gasteiger partial charge in [-0.1, -0.05) is 0 Å². The van der Waals surface area contributed by atoms with Crippen molar-refractivity contribution in [2.24, 2.45) is 0 Å². The molecular formula is C13H16N2S2. The minimum absolute atomic E-state index is 0.345. The molecule has 2 aromatic heterocycles. The van der Waals surface area contributed by atoms with Gasteiger partial charge in [0.25, 0.3) is 0 Å². The minimum atomic E-state index is 0.345. The van der Waals surface area contributed by atoms with Crippen LogP contribution in [0.5, 0.6) is 0 Å². The number of aryl methyl sites for hydroxylation is 1. The maximum atomic E-state index is 4.38. The lowest BCUT2D eigenvalue weighted by Gasteiger charge is -2.26. The summed E-state index contributed by atoms with van der Waals surface area (Å²) in [6.07, 6.45) is 3.81. The second-order valence-corrected chi connectivity index (χ2v) is 6.26. The molecule has 4 heteroatoms. The normalized spacial score (nSPS) is 21.1. The molecule has 2 atom stereocenters. The Hall–Kier alpha value is -0.710. The highest BCUT2D eigenvalue weighted by Gasteiger charge is 2.23. The van der Waals surface area contributed by atoms with E-state index in [4.69, 9.17) is 0 Å². The molecule has 2 nitrogen and oxygen atoms in total. The number of rotatable bonds is 3. The van der Waals surface area contributed by atoms with E-state index in [2.05, 4.69) is 34.1 Å². The lowest BCUT2D eigenvalue weighted by atomic mass is 9.93. The number of hydrogen-bond acceptors (Lipinski definition) is 4.